The van der Waals surface area contributed by atoms with Gasteiger partial charge in [0, 0.05) is 0 Å². The second-order valence-electron chi connectivity index (χ2n) is 2.60. The van der Waals surface area contributed by atoms with Crippen LogP contribution in [0.5, 0.6) is 0 Å². The Morgan fingerprint density at radius 2 is 1.79 bits per heavy atom. The lowest BCUT2D eigenvalue weighted by Gasteiger charge is -2.02. The molecule has 0 rings (SSSR count). The van der Waals surface area contributed by atoms with Crippen molar-refractivity contribution in [3.63, 3.8) is 0 Å². The van der Waals surface area contributed by atoms with Gasteiger partial charge < -0.3 is 25.5 Å². The highest BCUT2D eigenvalue weighted by Gasteiger charge is 2.08. The average molecular weight is 229 g/mol. The fourth-order valence-corrected chi connectivity index (χ4v) is 0.548. The number of aliphatic carboxylic acids is 1. The largest absolute Gasteiger partial charge is 0.480 e. The van der Waals surface area contributed by atoms with Gasteiger partial charge in [0.25, 0.3) is 0 Å². The molecule has 0 aromatic carbocycles. The molecule has 8 heteroatoms. The lowest BCUT2D eigenvalue weighted by molar-refractivity contribution is -0.138. The lowest BCUT2D eigenvalue weighted by Crippen LogP contribution is -2.29. The smallest absolute Gasteiger partial charge is 0.466 e. The molecule has 0 spiro atoms. The fourth-order valence-electron chi connectivity index (χ4n) is 0.548. The van der Waals surface area contributed by atoms with Crippen LogP contribution in [-0.2, 0) is 9.36 Å². The third-order valence-electron chi connectivity index (χ3n) is 1.19. The molecule has 1 atom stereocenters. The SMILES string of the molecule is CCCCC(N)C(=O)O.O=P(O)(O)O. The number of carboxylic acid groups (broad SMARTS) is 1. The summed E-state index contributed by atoms with van der Waals surface area (Å²) in [4.78, 5) is 31.6. The number of phosphoric acid groups is 1. The first-order valence-corrected chi connectivity index (χ1v) is 5.51. The van der Waals surface area contributed by atoms with Gasteiger partial charge in [0.15, 0.2) is 0 Å². The number of unbranched alkanes of at least 4 members (excludes halogenated alkanes) is 1. The summed E-state index contributed by atoms with van der Waals surface area (Å²) in [5.74, 6) is -0.900. The summed E-state index contributed by atoms with van der Waals surface area (Å²) in [6, 6.07) is -0.662. The van der Waals surface area contributed by atoms with Gasteiger partial charge in [0.05, 0.1) is 0 Å². The number of hydrogen-bond acceptors (Lipinski definition) is 3. The topological polar surface area (TPSA) is 141 Å². The first kappa shape index (κ1) is 16.0. The molecular formula is C6H16NO6P. The van der Waals surface area contributed by atoms with Crippen LogP contribution in [0.3, 0.4) is 0 Å². The molecule has 14 heavy (non-hydrogen) atoms. The molecule has 7 nitrogen and oxygen atoms in total. The molecule has 0 saturated carbocycles. The first-order valence-electron chi connectivity index (χ1n) is 3.95. The zero-order chi connectivity index (χ0) is 11.8. The summed E-state index contributed by atoms with van der Waals surface area (Å²) >= 11 is 0. The van der Waals surface area contributed by atoms with Crippen LogP contribution in [0.4, 0.5) is 0 Å². The molecule has 6 N–H and O–H groups in total. The van der Waals surface area contributed by atoms with Crippen molar-refractivity contribution < 1.29 is 29.1 Å². The van der Waals surface area contributed by atoms with Crippen LogP contribution in [0, 0.1) is 0 Å². The van der Waals surface area contributed by atoms with Crippen molar-refractivity contribution in [3.8, 4) is 0 Å². The minimum atomic E-state index is -4.64. The molecule has 0 aromatic heterocycles. The van der Waals surface area contributed by atoms with Gasteiger partial charge >= 0.3 is 13.8 Å². The van der Waals surface area contributed by atoms with E-state index in [-0.39, 0.29) is 0 Å². The van der Waals surface area contributed by atoms with E-state index in [1.807, 2.05) is 6.92 Å². The lowest BCUT2D eigenvalue weighted by atomic mass is 10.1. The number of carbonyl (C=O) groups is 1. The van der Waals surface area contributed by atoms with Crippen molar-refractivity contribution in [2.75, 3.05) is 0 Å². The van der Waals surface area contributed by atoms with E-state index in [2.05, 4.69) is 0 Å². The molecule has 0 amide bonds. The zero-order valence-electron chi connectivity index (χ0n) is 7.83. The highest BCUT2D eigenvalue weighted by Crippen LogP contribution is 2.25. The standard InChI is InChI=1S/C6H13NO2.H3O4P/c1-2-3-4-5(7)6(8)9;1-5(2,3)4/h5H,2-4,7H2,1H3,(H,8,9);(H3,1,2,3,4). The molecule has 0 fully saturated rings. The van der Waals surface area contributed by atoms with Gasteiger partial charge in [-0.3, -0.25) is 4.79 Å². The molecule has 0 aliphatic carbocycles. The summed E-state index contributed by atoms with van der Waals surface area (Å²) < 4.78 is 8.88. The monoisotopic (exact) mass is 229 g/mol. The minimum absolute atomic E-state index is 0.589. The van der Waals surface area contributed by atoms with Gasteiger partial charge in [-0.15, -0.1) is 0 Å². The van der Waals surface area contributed by atoms with Crippen molar-refractivity contribution in [1.82, 2.24) is 0 Å². The van der Waals surface area contributed by atoms with Crippen molar-refractivity contribution >= 4 is 13.8 Å². The highest BCUT2D eigenvalue weighted by molar-refractivity contribution is 7.45. The Labute approximate surface area is 81.8 Å². The Morgan fingerprint density at radius 3 is 2.00 bits per heavy atom. The Kier molecular flexibility index (Phi) is 9.02. The van der Waals surface area contributed by atoms with Gasteiger partial charge in [-0.25, -0.2) is 4.57 Å². The second-order valence-corrected chi connectivity index (χ2v) is 3.63. The van der Waals surface area contributed by atoms with E-state index >= 15 is 0 Å². The van der Waals surface area contributed by atoms with Crippen molar-refractivity contribution in [3.05, 3.63) is 0 Å². The third-order valence-corrected chi connectivity index (χ3v) is 1.19. The van der Waals surface area contributed by atoms with Crippen LogP contribution >= 0.6 is 7.82 Å². The quantitative estimate of drug-likeness (QED) is 0.415. The average Bonchev–Trinajstić information content (AvgIpc) is 1.96. The van der Waals surface area contributed by atoms with Gasteiger partial charge in [-0.1, -0.05) is 19.8 Å². The number of carboxylic acids is 1. The van der Waals surface area contributed by atoms with E-state index in [1.165, 1.54) is 0 Å². The van der Waals surface area contributed by atoms with E-state index < -0.39 is 19.8 Å². The summed E-state index contributed by atoms with van der Waals surface area (Å²) in [5.41, 5.74) is 5.20. The Bertz CT molecular complexity index is 194. The number of rotatable bonds is 4. The Hall–Kier alpha value is -0.460. The number of nitrogens with two attached hydrogens (primary N) is 1. The van der Waals surface area contributed by atoms with Crippen LogP contribution in [0.1, 0.15) is 26.2 Å². The molecule has 0 aliphatic rings. The maximum absolute atomic E-state index is 10.1. The predicted molar refractivity (Wildman–Crippen MR) is 49.4 cm³/mol. The van der Waals surface area contributed by atoms with Gasteiger partial charge in [0.1, 0.15) is 6.04 Å². The molecule has 0 aliphatic heterocycles. The van der Waals surface area contributed by atoms with Crippen LogP contribution in [0.25, 0.3) is 0 Å². The normalized spacial score (nSPS) is 12.6. The molecule has 0 radical (unpaired) electrons. The molecule has 0 saturated heterocycles. The van der Waals surface area contributed by atoms with Gasteiger partial charge in [-0.05, 0) is 6.42 Å². The molecule has 0 aromatic rings. The first-order chi connectivity index (χ1) is 6.18. The maximum atomic E-state index is 10.1. The summed E-state index contributed by atoms with van der Waals surface area (Å²) in [7, 11) is -4.64. The molecule has 0 heterocycles. The summed E-state index contributed by atoms with van der Waals surface area (Å²) in [5, 5.41) is 8.28. The second kappa shape index (κ2) is 7.90. The van der Waals surface area contributed by atoms with Crippen molar-refractivity contribution in [2.24, 2.45) is 5.73 Å². The third kappa shape index (κ3) is 22.5. The molecule has 0 bridgehead atoms. The minimum Gasteiger partial charge on any atom is -0.480 e. The fraction of sp³-hybridized carbons (Fsp3) is 0.833. The zero-order valence-corrected chi connectivity index (χ0v) is 8.72. The maximum Gasteiger partial charge on any atom is 0.466 e. The Balaban J connectivity index is 0. The Morgan fingerprint density at radius 1 is 1.43 bits per heavy atom. The van der Waals surface area contributed by atoms with Crippen LogP contribution in [0.15, 0.2) is 0 Å². The van der Waals surface area contributed by atoms with Crippen molar-refractivity contribution in [2.45, 2.75) is 32.2 Å². The van der Waals surface area contributed by atoms with Gasteiger partial charge in [0.2, 0.25) is 0 Å². The van der Waals surface area contributed by atoms with Gasteiger partial charge in [-0.2, -0.15) is 0 Å². The molecule has 86 valence electrons. The van der Waals surface area contributed by atoms with Crippen LogP contribution < -0.4 is 5.73 Å². The van der Waals surface area contributed by atoms with E-state index in [0.29, 0.717) is 6.42 Å². The predicted octanol–water partition coefficient (Wildman–Crippen LogP) is -0.340. The summed E-state index contributed by atoms with van der Waals surface area (Å²) in [6.45, 7) is 2.01. The van der Waals surface area contributed by atoms with Crippen LogP contribution in [-0.4, -0.2) is 31.8 Å². The molecule has 1 unspecified atom stereocenters. The summed E-state index contributed by atoms with van der Waals surface area (Å²) in [6.07, 6.45) is 2.49. The molecular weight excluding hydrogens is 213 g/mol. The van der Waals surface area contributed by atoms with E-state index in [1.54, 1.807) is 0 Å². The van der Waals surface area contributed by atoms with Crippen LogP contribution in [0.2, 0.25) is 0 Å². The van der Waals surface area contributed by atoms with E-state index in [0.717, 1.165) is 12.8 Å². The van der Waals surface area contributed by atoms with E-state index in [9.17, 15) is 4.79 Å². The van der Waals surface area contributed by atoms with Crippen molar-refractivity contribution in [1.29, 1.82) is 0 Å². The van der Waals surface area contributed by atoms with E-state index in [4.69, 9.17) is 30.1 Å². The highest BCUT2D eigenvalue weighted by atomic mass is 31.2. The number of hydrogen-bond donors (Lipinski definition) is 5.